The van der Waals surface area contributed by atoms with E-state index in [9.17, 15) is 9.59 Å². The lowest BCUT2D eigenvalue weighted by atomic mass is 10.1. The van der Waals surface area contributed by atoms with Gasteiger partial charge in [0.2, 0.25) is 0 Å². The first-order valence-corrected chi connectivity index (χ1v) is 14.5. The van der Waals surface area contributed by atoms with Crippen LogP contribution in [0.3, 0.4) is 0 Å². The second kappa shape index (κ2) is 26.9. The van der Waals surface area contributed by atoms with E-state index in [0.29, 0.717) is 38.9 Å². The van der Waals surface area contributed by atoms with Crippen LogP contribution in [-0.2, 0) is 19.1 Å². The summed E-state index contributed by atoms with van der Waals surface area (Å²) in [6.07, 6.45) is 21.5. The molecule has 0 fully saturated rings. The quantitative estimate of drug-likeness (QED) is 0.0781. The van der Waals surface area contributed by atoms with Crippen LogP contribution in [0.1, 0.15) is 128 Å². The number of rotatable bonds is 25. The Labute approximate surface area is 209 Å². The van der Waals surface area contributed by atoms with Crippen LogP contribution in [0.15, 0.2) is 0 Å². The molecule has 0 aromatic heterocycles. The molecule has 0 radical (unpaired) electrons. The Morgan fingerprint density at radius 1 is 0.406 bits per heavy atom. The van der Waals surface area contributed by atoms with Crippen LogP contribution >= 0.6 is 25.3 Å². The van der Waals surface area contributed by atoms with Crippen molar-refractivity contribution in [3.63, 3.8) is 0 Å². The van der Waals surface area contributed by atoms with Crippen molar-refractivity contribution in [1.82, 2.24) is 0 Å². The molecule has 32 heavy (non-hydrogen) atoms. The Kier molecular flexibility index (Phi) is 26.6. The summed E-state index contributed by atoms with van der Waals surface area (Å²) in [6, 6.07) is 0. The smallest absolute Gasteiger partial charge is 0.305 e. The molecule has 0 saturated heterocycles. The molecular formula is C26H50O4S2. The zero-order chi connectivity index (χ0) is 23.5. The van der Waals surface area contributed by atoms with Gasteiger partial charge >= 0.3 is 11.9 Å². The van der Waals surface area contributed by atoms with Gasteiger partial charge in [0.1, 0.15) is 0 Å². The largest absolute Gasteiger partial charge is 0.466 e. The van der Waals surface area contributed by atoms with Gasteiger partial charge in [-0.3, -0.25) is 9.59 Å². The average Bonchev–Trinajstić information content (AvgIpc) is 2.79. The number of hydrogen-bond acceptors (Lipinski definition) is 6. The van der Waals surface area contributed by atoms with Gasteiger partial charge in [0.05, 0.1) is 13.2 Å². The van der Waals surface area contributed by atoms with Gasteiger partial charge in [0.25, 0.3) is 0 Å². The molecule has 0 aliphatic heterocycles. The van der Waals surface area contributed by atoms with Gasteiger partial charge in [0, 0.05) is 12.8 Å². The maximum atomic E-state index is 11.7. The molecule has 0 spiro atoms. The lowest BCUT2D eigenvalue weighted by molar-refractivity contribution is -0.146. The topological polar surface area (TPSA) is 52.6 Å². The third-order valence-corrected chi connectivity index (χ3v) is 6.28. The van der Waals surface area contributed by atoms with Gasteiger partial charge in [-0.05, 0) is 50.0 Å². The Bertz CT molecular complexity index is 381. The maximum absolute atomic E-state index is 11.7. The normalized spacial score (nSPS) is 10.9. The van der Waals surface area contributed by atoms with Crippen molar-refractivity contribution in [3.8, 4) is 0 Å². The van der Waals surface area contributed by atoms with Gasteiger partial charge < -0.3 is 9.47 Å². The highest BCUT2D eigenvalue weighted by Crippen LogP contribution is 2.11. The summed E-state index contributed by atoms with van der Waals surface area (Å²) < 4.78 is 10.6. The van der Waals surface area contributed by atoms with E-state index < -0.39 is 0 Å². The summed E-state index contributed by atoms with van der Waals surface area (Å²) in [5.74, 6) is 1.70. The summed E-state index contributed by atoms with van der Waals surface area (Å²) in [4.78, 5) is 23.5. The van der Waals surface area contributed by atoms with Crippen LogP contribution in [0.5, 0.6) is 0 Å². The Morgan fingerprint density at radius 2 is 0.688 bits per heavy atom. The van der Waals surface area contributed by atoms with Crippen LogP contribution in [0.4, 0.5) is 0 Å². The first-order chi connectivity index (χ1) is 15.7. The van der Waals surface area contributed by atoms with Crippen molar-refractivity contribution >= 4 is 37.2 Å². The third-order valence-electron chi connectivity index (χ3n) is 5.64. The lowest BCUT2D eigenvalue weighted by Gasteiger charge is -2.06. The van der Waals surface area contributed by atoms with Crippen molar-refractivity contribution in [2.45, 2.75) is 128 Å². The zero-order valence-electron chi connectivity index (χ0n) is 20.5. The molecule has 0 aromatic rings. The maximum Gasteiger partial charge on any atom is 0.305 e. The van der Waals surface area contributed by atoms with Gasteiger partial charge in [-0.25, -0.2) is 0 Å². The molecule has 0 aromatic carbocycles. The van der Waals surface area contributed by atoms with Gasteiger partial charge in [-0.15, -0.1) is 0 Å². The van der Waals surface area contributed by atoms with Crippen molar-refractivity contribution in [1.29, 1.82) is 0 Å². The minimum absolute atomic E-state index is 0.143. The predicted molar refractivity (Wildman–Crippen MR) is 142 cm³/mol. The van der Waals surface area contributed by atoms with Crippen LogP contribution < -0.4 is 0 Å². The number of carbonyl (C=O) groups excluding carboxylic acids is 2. The van der Waals surface area contributed by atoms with Crippen LogP contribution in [0.25, 0.3) is 0 Å². The number of carbonyl (C=O) groups is 2. The fourth-order valence-corrected chi connectivity index (χ4v) is 4.05. The van der Waals surface area contributed by atoms with Gasteiger partial charge in [0.15, 0.2) is 0 Å². The molecule has 0 saturated carbocycles. The first-order valence-electron chi connectivity index (χ1n) is 13.2. The van der Waals surface area contributed by atoms with E-state index in [1.807, 2.05) is 0 Å². The molecule has 0 atom stereocenters. The van der Waals surface area contributed by atoms with E-state index in [1.54, 1.807) is 0 Å². The molecule has 0 aliphatic carbocycles. The summed E-state index contributed by atoms with van der Waals surface area (Å²) >= 11 is 8.45. The number of unbranched alkanes of at least 4 members (excludes halogenated alkanes) is 15. The second-order valence-electron chi connectivity index (χ2n) is 8.75. The summed E-state index contributed by atoms with van der Waals surface area (Å²) in [6.45, 7) is 1.05. The SMILES string of the molecule is O=C(CCCCC(=O)OCCCCCCCCCCS)OCCCCCCCCCCS. The van der Waals surface area contributed by atoms with Crippen molar-refractivity contribution in [2.75, 3.05) is 24.7 Å². The molecular weight excluding hydrogens is 440 g/mol. The highest BCUT2D eigenvalue weighted by Gasteiger charge is 2.06. The minimum atomic E-state index is -0.143. The fourth-order valence-electron chi connectivity index (χ4n) is 3.60. The second-order valence-corrected chi connectivity index (χ2v) is 9.65. The van der Waals surface area contributed by atoms with E-state index in [0.717, 1.165) is 37.2 Å². The van der Waals surface area contributed by atoms with Gasteiger partial charge in [-0.1, -0.05) is 77.0 Å². The predicted octanol–water partition coefficient (Wildman–Crippen LogP) is 7.73. The molecule has 0 aliphatic rings. The summed E-state index contributed by atoms with van der Waals surface area (Å²) in [7, 11) is 0. The highest BCUT2D eigenvalue weighted by molar-refractivity contribution is 7.80. The molecule has 4 nitrogen and oxygen atoms in total. The standard InChI is InChI=1S/C26H50O4S2/c27-25(29-21-15-9-5-1-3-7-11-17-23-31)19-13-14-20-26(28)30-22-16-10-6-2-4-8-12-18-24-32/h31-32H,1-24H2. The Balaban J connectivity index is 3.29. The number of hydrogen-bond donors (Lipinski definition) is 2. The molecule has 0 unspecified atom stereocenters. The highest BCUT2D eigenvalue weighted by atomic mass is 32.1. The minimum Gasteiger partial charge on any atom is -0.466 e. The monoisotopic (exact) mass is 490 g/mol. The molecule has 0 N–H and O–H groups in total. The summed E-state index contributed by atoms with van der Waals surface area (Å²) in [5, 5.41) is 0. The van der Waals surface area contributed by atoms with Crippen LogP contribution in [0, 0.1) is 0 Å². The molecule has 0 amide bonds. The van der Waals surface area contributed by atoms with E-state index in [-0.39, 0.29) is 11.9 Å². The van der Waals surface area contributed by atoms with Gasteiger partial charge in [-0.2, -0.15) is 25.3 Å². The molecule has 6 heteroatoms. The third kappa shape index (κ3) is 25.9. The van der Waals surface area contributed by atoms with Crippen LogP contribution in [0.2, 0.25) is 0 Å². The zero-order valence-corrected chi connectivity index (χ0v) is 22.3. The molecule has 0 rings (SSSR count). The summed E-state index contributed by atoms with van der Waals surface area (Å²) in [5.41, 5.74) is 0. The van der Waals surface area contributed by atoms with E-state index in [4.69, 9.17) is 9.47 Å². The number of esters is 2. The van der Waals surface area contributed by atoms with E-state index >= 15 is 0 Å². The van der Waals surface area contributed by atoms with Crippen molar-refractivity contribution in [2.24, 2.45) is 0 Å². The van der Waals surface area contributed by atoms with Crippen LogP contribution in [-0.4, -0.2) is 36.7 Å². The lowest BCUT2D eigenvalue weighted by Crippen LogP contribution is -2.08. The number of ether oxygens (including phenoxy) is 2. The first kappa shape index (κ1) is 31.6. The van der Waals surface area contributed by atoms with E-state index in [2.05, 4.69) is 25.3 Å². The Hall–Kier alpha value is -0.360. The molecule has 0 bridgehead atoms. The fraction of sp³-hybridized carbons (Fsp3) is 0.923. The van der Waals surface area contributed by atoms with Crippen molar-refractivity contribution in [3.05, 3.63) is 0 Å². The average molecular weight is 491 g/mol. The molecule has 190 valence electrons. The Morgan fingerprint density at radius 3 is 1.00 bits per heavy atom. The number of thiol groups is 2. The molecule has 0 heterocycles. The van der Waals surface area contributed by atoms with E-state index in [1.165, 1.54) is 77.0 Å². The van der Waals surface area contributed by atoms with Crippen molar-refractivity contribution < 1.29 is 19.1 Å².